The van der Waals surface area contributed by atoms with Crippen molar-refractivity contribution in [3.05, 3.63) is 54.1 Å². The van der Waals surface area contributed by atoms with E-state index in [9.17, 15) is 4.79 Å². The summed E-state index contributed by atoms with van der Waals surface area (Å²) in [6.45, 7) is 1.91. The van der Waals surface area contributed by atoms with Gasteiger partial charge in [-0.1, -0.05) is 18.9 Å². The fourth-order valence-corrected chi connectivity index (χ4v) is 4.31. The fourth-order valence-electron chi connectivity index (χ4n) is 4.31. The van der Waals surface area contributed by atoms with Crippen LogP contribution in [0.15, 0.2) is 42.9 Å². The number of amides is 1. The predicted octanol–water partition coefficient (Wildman–Crippen LogP) is 2.14. The zero-order valence-electron chi connectivity index (χ0n) is 18.3. The molecule has 2 atom stereocenters. The van der Waals surface area contributed by atoms with E-state index in [0.717, 1.165) is 37.1 Å². The van der Waals surface area contributed by atoms with Crippen molar-refractivity contribution >= 4 is 29.0 Å². The van der Waals surface area contributed by atoms with Crippen LogP contribution in [0.3, 0.4) is 0 Å². The van der Waals surface area contributed by atoms with Crippen LogP contribution in [-0.2, 0) is 0 Å². The van der Waals surface area contributed by atoms with Gasteiger partial charge in [0.15, 0.2) is 11.5 Å². The molecule has 0 spiro atoms. The van der Waals surface area contributed by atoms with Crippen LogP contribution in [0.1, 0.15) is 41.7 Å². The molecule has 1 amide bonds. The molecular weight excluding hydrogens is 420 g/mol. The van der Waals surface area contributed by atoms with Gasteiger partial charge >= 0.3 is 0 Å². The third kappa shape index (κ3) is 3.98. The highest BCUT2D eigenvalue weighted by molar-refractivity contribution is 6.04. The van der Waals surface area contributed by atoms with E-state index in [1.807, 2.05) is 35.6 Å². The second-order valence-electron chi connectivity index (χ2n) is 8.27. The Morgan fingerprint density at radius 3 is 2.73 bits per heavy atom. The quantitative estimate of drug-likeness (QED) is 0.351. The highest BCUT2D eigenvalue weighted by Crippen LogP contribution is 2.29. The van der Waals surface area contributed by atoms with Crippen molar-refractivity contribution in [2.45, 2.75) is 44.7 Å². The molecule has 0 unspecified atom stereocenters. The minimum atomic E-state index is -0.619. The van der Waals surface area contributed by atoms with Crippen molar-refractivity contribution in [3.8, 4) is 5.69 Å². The first-order valence-electron chi connectivity index (χ1n) is 10.9. The van der Waals surface area contributed by atoms with Crippen molar-refractivity contribution in [1.29, 1.82) is 0 Å². The number of carbonyl (C=O) groups is 1. The van der Waals surface area contributed by atoms with Crippen LogP contribution in [0.25, 0.3) is 11.3 Å². The first-order chi connectivity index (χ1) is 16.0. The highest BCUT2D eigenvalue weighted by atomic mass is 16.1. The average Bonchev–Trinajstić information content (AvgIpc) is 3.46. The molecule has 0 bridgehead atoms. The number of fused-ring (bicyclic) bond motifs is 1. The third-order valence-corrected chi connectivity index (χ3v) is 5.97. The maximum atomic E-state index is 12.5. The summed E-state index contributed by atoms with van der Waals surface area (Å²) in [5, 5.41) is 15.1. The third-order valence-electron chi connectivity index (χ3n) is 5.97. The number of anilines is 3. The van der Waals surface area contributed by atoms with Crippen LogP contribution in [-0.4, -0.2) is 47.4 Å². The van der Waals surface area contributed by atoms with E-state index in [0.29, 0.717) is 23.1 Å². The molecule has 11 nitrogen and oxygen atoms in total. The Hall–Kier alpha value is -3.99. The molecule has 0 saturated heterocycles. The summed E-state index contributed by atoms with van der Waals surface area (Å²) >= 11 is 0. The van der Waals surface area contributed by atoms with Gasteiger partial charge in [-0.05, 0) is 38.0 Å². The smallest absolute Gasteiger partial charge is 0.256 e. The molecule has 1 aliphatic rings. The molecule has 0 radical (unpaired) electrons. The van der Waals surface area contributed by atoms with Crippen molar-refractivity contribution < 1.29 is 4.79 Å². The van der Waals surface area contributed by atoms with Gasteiger partial charge in [-0.25, -0.2) is 4.98 Å². The van der Waals surface area contributed by atoms with E-state index in [1.165, 1.54) is 4.80 Å². The number of benzene rings is 1. The van der Waals surface area contributed by atoms with Gasteiger partial charge in [-0.2, -0.15) is 20.0 Å². The zero-order valence-corrected chi connectivity index (χ0v) is 18.3. The van der Waals surface area contributed by atoms with Crippen molar-refractivity contribution in [1.82, 2.24) is 29.4 Å². The Morgan fingerprint density at radius 2 is 1.97 bits per heavy atom. The molecule has 6 N–H and O–H groups in total. The number of aromatic nitrogens is 6. The van der Waals surface area contributed by atoms with Crippen LogP contribution < -0.4 is 22.1 Å². The molecule has 1 aromatic carbocycles. The zero-order chi connectivity index (χ0) is 22.9. The Labute approximate surface area is 190 Å². The summed E-state index contributed by atoms with van der Waals surface area (Å²) < 4.78 is 1.82. The summed E-state index contributed by atoms with van der Waals surface area (Å²) in [6, 6.07) is 7.58. The minimum absolute atomic E-state index is 0.0323. The van der Waals surface area contributed by atoms with Crippen LogP contribution in [0.4, 0.5) is 17.5 Å². The lowest BCUT2D eigenvalue weighted by molar-refractivity contribution is 0.100. The Balaban J connectivity index is 1.58. The van der Waals surface area contributed by atoms with Gasteiger partial charge in [0.1, 0.15) is 5.56 Å². The topological polar surface area (TPSA) is 154 Å². The van der Waals surface area contributed by atoms with E-state index in [-0.39, 0.29) is 17.6 Å². The molecule has 5 rings (SSSR count). The lowest BCUT2D eigenvalue weighted by atomic mass is 9.91. The number of rotatable bonds is 6. The van der Waals surface area contributed by atoms with Crippen LogP contribution in [0, 0.1) is 6.92 Å². The van der Waals surface area contributed by atoms with Crippen molar-refractivity contribution in [2.24, 2.45) is 11.5 Å². The Bertz CT molecular complexity index is 1300. The molecule has 11 heteroatoms. The number of hydrogen-bond donors (Lipinski definition) is 4. The van der Waals surface area contributed by atoms with Gasteiger partial charge < -0.3 is 22.1 Å². The second-order valence-corrected chi connectivity index (χ2v) is 8.27. The first kappa shape index (κ1) is 20.9. The normalized spacial score (nSPS) is 18.4. The summed E-state index contributed by atoms with van der Waals surface area (Å²) in [5.74, 6) is 0.268. The van der Waals surface area contributed by atoms with E-state index < -0.39 is 5.91 Å². The molecule has 4 aromatic rings. The summed E-state index contributed by atoms with van der Waals surface area (Å²) in [4.78, 5) is 23.2. The first-order valence-corrected chi connectivity index (χ1v) is 10.9. The van der Waals surface area contributed by atoms with E-state index in [4.69, 9.17) is 16.5 Å². The van der Waals surface area contributed by atoms with Gasteiger partial charge in [0.05, 0.1) is 18.1 Å². The monoisotopic (exact) mass is 446 g/mol. The summed E-state index contributed by atoms with van der Waals surface area (Å²) in [7, 11) is 0. The number of nitrogens with zero attached hydrogens (tertiary/aromatic N) is 6. The van der Waals surface area contributed by atoms with E-state index in [2.05, 4.69) is 25.8 Å². The van der Waals surface area contributed by atoms with Crippen molar-refractivity contribution in [3.63, 3.8) is 0 Å². The van der Waals surface area contributed by atoms with Gasteiger partial charge in [-0.15, -0.1) is 0 Å². The number of hydrogen-bond acceptors (Lipinski definition) is 8. The molecule has 0 aliphatic heterocycles. The number of aryl methyl sites for hydroxylation is 1. The minimum Gasteiger partial charge on any atom is -0.365 e. The summed E-state index contributed by atoms with van der Waals surface area (Å²) in [5.41, 5.74) is 15.1. The van der Waals surface area contributed by atoms with Crippen LogP contribution >= 0.6 is 0 Å². The molecular formula is C22H26N10O. The fraction of sp³-hybridized carbons (Fsp3) is 0.318. The number of nitrogens with two attached hydrogens (primary N) is 2. The number of carbonyl (C=O) groups excluding carboxylic acids is 1. The van der Waals surface area contributed by atoms with Crippen LogP contribution in [0.2, 0.25) is 0 Å². The van der Waals surface area contributed by atoms with Gasteiger partial charge in [0.25, 0.3) is 5.91 Å². The van der Waals surface area contributed by atoms with Gasteiger partial charge in [0.2, 0.25) is 5.95 Å². The molecule has 1 aliphatic carbocycles. The van der Waals surface area contributed by atoms with Crippen LogP contribution in [0.5, 0.6) is 0 Å². The molecule has 3 aromatic heterocycles. The van der Waals surface area contributed by atoms with Gasteiger partial charge in [-0.3, -0.25) is 9.20 Å². The predicted molar refractivity (Wildman–Crippen MR) is 125 cm³/mol. The average molecular weight is 447 g/mol. The molecule has 170 valence electrons. The Kier molecular flexibility index (Phi) is 5.38. The highest BCUT2D eigenvalue weighted by Gasteiger charge is 2.26. The lowest BCUT2D eigenvalue weighted by Crippen LogP contribution is -2.43. The van der Waals surface area contributed by atoms with Gasteiger partial charge in [0, 0.05) is 29.7 Å². The maximum absolute atomic E-state index is 12.5. The Morgan fingerprint density at radius 1 is 1.18 bits per heavy atom. The number of imidazole rings is 1. The largest absolute Gasteiger partial charge is 0.365 e. The molecule has 1 fully saturated rings. The molecule has 1 saturated carbocycles. The second kappa shape index (κ2) is 8.51. The number of nitrogens with one attached hydrogen (secondary N) is 2. The SMILES string of the molecule is Cc1cnc2c(C(N)=O)c(Nc3cccc(-n4nccn4)c3)nc(N[C@@H]3CCCC[C@@H]3N)n12. The lowest BCUT2D eigenvalue weighted by Gasteiger charge is -2.30. The maximum Gasteiger partial charge on any atom is 0.256 e. The van der Waals surface area contributed by atoms with Crippen molar-refractivity contribution in [2.75, 3.05) is 10.6 Å². The standard InChI is InChI=1S/C22H26N10O/c1-13-12-25-21-18(19(24)33)20(28-14-5-4-6-15(11-14)32-26-9-10-27-32)30-22(31(13)21)29-17-8-3-2-7-16(17)23/h4-6,9-12,16-17,28H,2-3,7-8,23H2,1H3,(H2,24,33)(H,29,30)/t16-,17+/m0/s1. The summed E-state index contributed by atoms with van der Waals surface area (Å²) in [6.07, 6.45) is 9.06. The molecule has 33 heavy (non-hydrogen) atoms. The molecule has 3 heterocycles. The van der Waals surface area contributed by atoms with E-state index >= 15 is 0 Å². The number of primary amides is 1. The van der Waals surface area contributed by atoms with E-state index in [1.54, 1.807) is 18.6 Å².